The number of aromatic nitrogens is 2. The maximum atomic E-state index is 12.8. The van der Waals surface area contributed by atoms with Crippen LogP contribution in [0.5, 0.6) is 0 Å². The molecule has 3 aromatic rings. The Morgan fingerprint density at radius 1 is 1.05 bits per heavy atom. The van der Waals surface area contributed by atoms with Crippen LogP contribution in [0.2, 0.25) is 0 Å². The SMILES string of the molecule is CN=C(NC(=O)Cc1cccc(N)c1)SC1(C2CCCC(c3nnc(NC(=O)Cc4cccc(N)c4)s3)C2)CC1C. The summed E-state index contributed by atoms with van der Waals surface area (Å²) in [4.78, 5) is 29.8. The molecule has 0 bridgehead atoms. The van der Waals surface area contributed by atoms with Gasteiger partial charge in [-0.2, -0.15) is 0 Å². The Hall–Kier alpha value is -3.44. The van der Waals surface area contributed by atoms with Crippen molar-refractivity contribution in [2.45, 2.75) is 62.5 Å². The second-order valence-corrected chi connectivity index (χ2v) is 13.5. The fourth-order valence-corrected chi connectivity index (χ4v) is 8.37. The number of amides is 2. The molecule has 6 N–H and O–H groups in total. The zero-order valence-electron chi connectivity index (χ0n) is 23.4. The predicted octanol–water partition coefficient (Wildman–Crippen LogP) is 5.01. The monoisotopic (exact) mass is 591 g/mol. The zero-order valence-corrected chi connectivity index (χ0v) is 25.1. The fourth-order valence-electron chi connectivity index (χ4n) is 5.93. The van der Waals surface area contributed by atoms with E-state index in [1.54, 1.807) is 30.9 Å². The number of nitrogens with one attached hydrogen (secondary N) is 2. The molecule has 4 unspecified atom stereocenters. The quantitative estimate of drug-likeness (QED) is 0.163. The summed E-state index contributed by atoms with van der Waals surface area (Å²) in [6.45, 7) is 2.29. The van der Waals surface area contributed by atoms with Crippen molar-refractivity contribution in [2.75, 3.05) is 23.8 Å². The summed E-state index contributed by atoms with van der Waals surface area (Å²) < 4.78 is 0.0528. The Kier molecular flexibility index (Phi) is 8.94. The van der Waals surface area contributed by atoms with Crippen molar-refractivity contribution in [3.63, 3.8) is 0 Å². The van der Waals surface area contributed by atoms with Gasteiger partial charge in [0.2, 0.25) is 16.9 Å². The molecule has 216 valence electrons. The first-order valence-electron chi connectivity index (χ1n) is 14.0. The molecule has 0 aliphatic heterocycles. The van der Waals surface area contributed by atoms with Crippen molar-refractivity contribution in [1.82, 2.24) is 15.5 Å². The van der Waals surface area contributed by atoms with Gasteiger partial charge in [0.1, 0.15) is 5.01 Å². The van der Waals surface area contributed by atoms with Crippen LogP contribution in [0.3, 0.4) is 0 Å². The van der Waals surface area contributed by atoms with E-state index in [0.29, 0.717) is 39.4 Å². The van der Waals surface area contributed by atoms with Crippen LogP contribution in [0.15, 0.2) is 53.5 Å². The Balaban J connectivity index is 1.18. The van der Waals surface area contributed by atoms with Crippen molar-refractivity contribution in [1.29, 1.82) is 0 Å². The molecule has 2 amide bonds. The highest BCUT2D eigenvalue weighted by atomic mass is 32.2. The summed E-state index contributed by atoms with van der Waals surface area (Å²) in [5, 5.41) is 16.9. The highest BCUT2D eigenvalue weighted by Crippen LogP contribution is 2.63. The van der Waals surface area contributed by atoms with E-state index < -0.39 is 0 Å². The third kappa shape index (κ3) is 7.26. The Morgan fingerprint density at radius 3 is 2.32 bits per heavy atom. The number of anilines is 3. The maximum Gasteiger partial charge on any atom is 0.230 e. The van der Waals surface area contributed by atoms with Crippen LogP contribution in [-0.2, 0) is 22.4 Å². The minimum absolute atomic E-state index is 0.0528. The molecule has 0 saturated heterocycles. The molecule has 1 aromatic heterocycles. The smallest absolute Gasteiger partial charge is 0.230 e. The van der Waals surface area contributed by atoms with Gasteiger partial charge in [-0.15, -0.1) is 10.2 Å². The predicted molar refractivity (Wildman–Crippen MR) is 168 cm³/mol. The van der Waals surface area contributed by atoms with E-state index in [1.165, 1.54) is 11.3 Å². The Bertz CT molecular complexity index is 1440. The third-order valence-electron chi connectivity index (χ3n) is 8.07. The van der Waals surface area contributed by atoms with Crippen molar-refractivity contribution < 1.29 is 9.59 Å². The van der Waals surface area contributed by atoms with Gasteiger partial charge in [-0.3, -0.25) is 14.6 Å². The summed E-state index contributed by atoms with van der Waals surface area (Å²) >= 11 is 3.19. The lowest BCUT2D eigenvalue weighted by Crippen LogP contribution is -2.35. The van der Waals surface area contributed by atoms with Crippen LogP contribution < -0.4 is 22.1 Å². The van der Waals surface area contributed by atoms with Crippen LogP contribution in [0.1, 0.15) is 61.1 Å². The molecule has 5 rings (SSSR count). The Labute approximate surface area is 249 Å². The lowest BCUT2D eigenvalue weighted by Gasteiger charge is -2.34. The first-order chi connectivity index (χ1) is 19.7. The van der Waals surface area contributed by atoms with E-state index in [4.69, 9.17) is 11.5 Å². The van der Waals surface area contributed by atoms with Crippen LogP contribution in [0.4, 0.5) is 16.5 Å². The summed E-state index contributed by atoms with van der Waals surface area (Å²) in [7, 11) is 1.73. The number of carbonyl (C=O) groups excluding carboxylic acids is 2. The van der Waals surface area contributed by atoms with E-state index in [-0.39, 0.29) is 29.4 Å². The van der Waals surface area contributed by atoms with Gasteiger partial charge in [0.15, 0.2) is 5.17 Å². The molecule has 2 aromatic carbocycles. The lowest BCUT2D eigenvalue weighted by atomic mass is 9.78. The number of benzene rings is 2. The molecule has 2 aliphatic carbocycles. The minimum Gasteiger partial charge on any atom is -0.399 e. The van der Waals surface area contributed by atoms with Crippen LogP contribution in [0, 0.1) is 11.8 Å². The first-order valence-corrected chi connectivity index (χ1v) is 15.6. The molecular weight excluding hydrogens is 555 g/mol. The van der Waals surface area contributed by atoms with E-state index in [2.05, 4.69) is 32.7 Å². The highest BCUT2D eigenvalue weighted by molar-refractivity contribution is 8.15. The fraction of sp³-hybridized carbons (Fsp3) is 0.433. The average molecular weight is 592 g/mol. The summed E-state index contributed by atoms with van der Waals surface area (Å²) in [5.41, 5.74) is 14.7. The Morgan fingerprint density at radius 2 is 1.71 bits per heavy atom. The third-order valence-corrected chi connectivity index (χ3v) is 10.8. The zero-order chi connectivity index (χ0) is 29.0. The normalized spacial score (nSPS) is 24.0. The molecule has 4 atom stereocenters. The number of aliphatic imine (C=N–C) groups is 1. The summed E-state index contributed by atoms with van der Waals surface area (Å²) in [5.74, 6) is 1.10. The number of nitrogen functional groups attached to an aromatic ring is 2. The summed E-state index contributed by atoms with van der Waals surface area (Å²) in [6, 6.07) is 14.7. The van der Waals surface area contributed by atoms with Gasteiger partial charge in [0, 0.05) is 29.1 Å². The number of rotatable bonds is 8. The van der Waals surface area contributed by atoms with Gasteiger partial charge >= 0.3 is 0 Å². The van der Waals surface area contributed by atoms with E-state index in [0.717, 1.165) is 48.2 Å². The van der Waals surface area contributed by atoms with Gasteiger partial charge in [-0.25, -0.2) is 0 Å². The number of nitrogens with zero attached hydrogens (tertiary/aromatic N) is 3. The van der Waals surface area contributed by atoms with E-state index in [9.17, 15) is 9.59 Å². The van der Waals surface area contributed by atoms with Crippen molar-refractivity contribution in [2.24, 2.45) is 16.8 Å². The van der Waals surface area contributed by atoms with Gasteiger partial charge in [0.05, 0.1) is 12.8 Å². The molecule has 1 heterocycles. The van der Waals surface area contributed by atoms with Gasteiger partial charge in [-0.1, -0.05) is 60.7 Å². The topological polar surface area (TPSA) is 148 Å². The largest absolute Gasteiger partial charge is 0.399 e. The lowest BCUT2D eigenvalue weighted by molar-refractivity contribution is -0.119. The van der Waals surface area contributed by atoms with Gasteiger partial charge in [0.25, 0.3) is 0 Å². The molecule has 0 radical (unpaired) electrons. The first kappa shape index (κ1) is 29.1. The number of amidine groups is 1. The molecule has 41 heavy (non-hydrogen) atoms. The molecule has 2 fully saturated rings. The summed E-state index contributed by atoms with van der Waals surface area (Å²) in [6.07, 6.45) is 5.92. The van der Waals surface area contributed by atoms with Gasteiger partial charge in [-0.05, 0) is 72.9 Å². The molecule has 2 saturated carbocycles. The van der Waals surface area contributed by atoms with E-state index in [1.807, 2.05) is 36.4 Å². The number of hydrogen-bond acceptors (Lipinski definition) is 9. The number of hydrogen-bond donors (Lipinski definition) is 4. The molecule has 0 spiro atoms. The maximum absolute atomic E-state index is 12.8. The molecular formula is C30H37N7O2S2. The number of nitrogens with two attached hydrogens (primary N) is 2. The number of thioether (sulfide) groups is 1. The van der Waals surface area contributed by atoms with Crippen molar-refractivity contribution >= 4 is 56.6 Å². The van der Waals surface area contributed by atoms with E-state index >= 15 is 0 Å². The molecule has 11 heteroatoms. The van der Waals surface area contributed by atoms with Crippen LogP contribution in [-0.4, -0.2) is 39.0 Å². The standard InChI is InChI=1S/C30H37N7O2S2/c1-18-17-30(18,41-28(33-2)34-25(38)14-19-6-3-10-23(31)12-19)22-9-5-8-21(16-22)27-36-37-29(40-27)35-26(39)15-20-7-4-11-24(32)13-20/h3-4,6-7,10-13,18,21-22H,5,8-9,14-17,31-32H2,1-2H3,(H,33,34,38)(H,35,37,39). The van der Waals surface area contributed by atoms with Crippen LogP contribution >= 0.6 is 23.1 Å². The van der Waals surface area contributed by atoms with Crippen molar-refractivity contribution in [3.8, 4) is 0 Å². The van der Waals surface area contributed by atoms with Gasteiger partial charge < -0.3 is 22.1 Å². The number of carbonyl (C=O) groups is 2. The van der Waals surface area contributed by atoms with Crippen LogP contribution in [0.25, 0.3) is 0 Å². The highest BCUT2D eigenvalue weighted by Gasteiger charge is 2.58. The minimum atomic E-state index is -0.133. The molecule has 9 nitrogen and oxygen atoms in total. The second kappa shape index (κ2) is 12.6. The second-order valence-electron chi connectivity index (χ2n) is 11.1. The molecule has 2 aliphatic rings. The van der Waals surface area contributed by atoms with Crippen molar-refractivity contribution in [3.05, 3.63) is 64.7 Å². The average Bonchev–Trinajstić information content (AvgIpc) is 3.35.